The molecule has 0 aliphatic carbocycles. The van der Waals surface area contributed by atoms with E-state index in [-0.39, 0.29) is 0 Å². The molecule has 1 heterocycles. The van der Waals surface area contributed by atoms with E-state index in [0.29, 0.717) is 42.7 Å². The topological polar surface area (TPSA) is 55.8 Å². The molecule has 0 N–H and O–H groups in total. The molecule has 0 saturated heterocycles. The predicted octanol–water partition coefficient (Wildman–Crippen LogP) is 1.90. The van der Waals surface area contributed by atoms with Crippen molar-refractivity contribution in [3.05, 3.63) is 23.8 Å². The number of Topliss-reactive ketones (excluding diaryl/α,β-unsaturated/α-hetero) is 1. The number of rotatable bonds is 6. The van der Waals surface area contributed by atoms with Crippen LogP contribution in [-0.4, -0.2) is 38.6 Å². The fourth-order valence-electron chi connectivity index (χ4n) is 2.10. The molecule has 1 aromatic carbocycles. The third-order valence-corrected chi connectivity index (χ3v) is 3.09. The lowest BCUT2D eigenvalue weighted by Gasteiger charge is -2.17. The minimum absolute atomic E-state index is 0.372. The number of carbonyl (C=O) groups is 2. The fourth-order valence-corrected chi connectivity index (χ4v) is 2.10. The zero-order valence-electron chi connectivity index (χ0n) is 12.0. The number of amides is 1. The number of ketones is 1. The number of nitrogens with zero attached hydrogens (tertiary/aromatic N) is 1. The van der Waals surface area contributed by atoms with Crippen LogP contribution in [0.25, 0.3) is 0 Å². The molecule has 108 valence electrons. The minimum Gasteiger partial charge on any atom is -0.497 e. The van der Waals surface area contributed by atoms with Gasteiger partial charge in [0.2, 0.25) is 0 Å². The monoisotopic (exact) mass is 277 g/mol. The Bertz CT molecular complexity index is 525. The average molecular weight is 277 g/mol. The third kappa shape index (κ3) is 2.82. The summed E-state index contributed by atoms with van der Waals surface area (Å²) in [6.45, 7) is 5.54. The summed E-state index contributed by atoms with van der Waals surface area (Å²) >= 11 is 0. The first-order chi connectivity index (χ1) is 9.54. The van der Waals surface area contributed by atoms with Gasteiger partial charge in [-0.1, -0.05) is 13.8 Å². The van der Waals surface area contributed by atoms with E-state index in [9.17, 15) is 9.59 Å². The molecule has 1 aromatic rings. The fraction of sp³-hybridized carbons (Fsp3) is 0.467. The van der Waals surface area contributed by atoms with E-state index < -0.39 is 11.7 Å². The number of hydrogen-bond donors (Lipinski definition) is 0. The molecular formula is C15H19NO4. The Hall–Kier alpha value is -1.88. The van der Waals surface area contributed by atoms with E-state index in [2.05, 4.69) is 13.8 Å². The van der Waals surface area contributed by atoms with E-state index in [1.54, 1.807) is 25.3 Å². The van der Waals surface area contributed by atoms with E-state index in [1.807, 2.05) is 0 Å². The summed E-state index contributed by atoms with van der Waals surface area (Å²) < 4.78 is 10.6. The van der Waals surface area contributed by atoms with Crippen molar-refractivity contribution in [2.75, 3.05) is 31.8 Å². The maximum absolute atomic E-state index is 12.0. The number of hydrogen-bond acceptors (Lipinski definition) is 4. The highest BCUT2D eigenvalue weighted by Crippen LogP contribution is 2.32. The van der Waals surface area contributed by atoms with Gasteiger partial charge in [-0.05, 0) is 18.1 Å². The first-order valence-electron chi connectivity index (χ1n) is 6.66. The molecular weight excluding hydrogens is 258 g/mol. The number of anilines is 1. The Labute approximate surface area is 118 Å². The number of ether oxygens (including phenoxy) is 2. The number of fused-ring (bicyclic) bond motifs is 1. The molecule has 0 radical (unpaired) electrons. The van der Waals surface area contributed by atoms with Gasteiger partial charge in [0.15, 0.2) is 0 Å². The lowest BCUT2D eigenvalue weighted by Crippen LogP contribution is -2.33. The maximum atomic E-state index is 12.0. The van der Waals surface area contributed by atoms with E-state index in [4.69, 9.17) is 9.47 Å². The lowest BCUT2D eigenvalue weighted by atomic mass is 10.1. The molecule has 0 fully saturated rings. The van der Waals surface area contributed by atoms with Gasteiger partial charge in [-0.2, -0.15) is 0 Å². The summed E-state index contributed by atoms with van der Waals surface area (Å²) in [5.41, 5.74) is 1.03. The summed E-state index contributed by atoms with van der Waals surface area (Å²) in [6.07, 6.45) is 0. The van der Waals surface area contributed by atoms with E-state index in [0.717, 1.165) is 0 Å². The normalized spacial score (nSPS) is 14.1. The minimum atomic E-state index is -0.499. The van der Waals surface area contributed by atoms with Gasteiger partial charge in [-0.25, -0.2) is 0 Å². The molecule has 0 spiro atoms. The molecule has 0 unspecified atom stereocenters. The largest absolute Gasteiger partial charge is 0.497 e. The molecule has 0 saturated carbocycles. The van der Waals surface area contributed by atoms with Crippen LogP contribution in [0.3, 0.4) is 0 Å². The van der Waals surface area contributed by atoms with Crippen LogP contribution in [0, 0.1) is 5.92 Å². The van der Waals surface area contributed by atoms with Crippen LogP contribution in [0.15, 0.2) is 18.2 Å². The second-order valence-electron chi connectivity index (χ2n) is 5.14. The molecule has 20 heavy (non-hydrogen) atoms. The van der Waals surface area contributed by atoms with Crippen molar-refractivity contribution in [1.82, 2.24) is 0 Å². The van der Waals surface area contributed by atoms with Gasteiger partial charge < -0.3 is 14.4 Å². The summed E-state index contributed by atoms with van der Waals surface area (Å²) in [5, 5.41) is 0. The second kappa shape index (κ2) is 6.05. The Morgan fingerprint density at radius 2 is 2.00 bits per heavy atom. The first-order valence-corrected chi connectivity index (χ1v) is 6.66. The number of carbonyl (C=O) groups excluding carboxylic acids is 2. The Morgan fingerprint density at radius 1 is 1.25 bits per heavy atom. The van der Waals surface area contributed by atoms with Crippen LogP contribution < -0.4 is 9.64 Å². The van der Waals surface area contributed by atoms with Crippen molar-refractivity contribution in [3.63, 3.8) is 0 Å². The predicted molar refractivity (Wildman–Crippen MR) is 75.3 cm³/mol. The Morgan fingerprint density at radius 3 is 2.65 bits per heavy atom. The van der Waals surface area contributed by atoms with Gasteiger partial charge in [-0.3, -0.25) is 9.59 Å². The Balaban J connectivity index is 2.10. The highest BCUT2D eigenvalue weighted by Gasteiger charge is 2.35. The molecule has 0 aromatic heterocycles. The van der Waals surface area contributed by atoms with Crippen molar-refractivity contribution in [3.8, 4) is 5.75 Å². The van der Waals surface area contributed by atoms with Gasteiger partial charge in [0.1, 0.15) is 5.75 Å². The first kappa shape index (κ1) is 14.5. The summed E-state index contributed by atoms with van der Waals surface area (Å²) in [6, 6.07) is 5.02. The van der Waals surface area contributed by atoms with Crippen LogP contribution in [0.5, 0.6) is 5.75 Å². The molecule has 5 heteroatoms. The van der Waals surface area contributed by atoms with Crippen molar-refractivity contribution < 1.29 is 19.1 Å². The zero-order valence-corrected chi connectivity index (χ0v) is 12.0. The zero-order chi connectivity index (χ0) is 14.7. The maximum Gasteiger partial charge on any atom is 0.299 e. The SMILES string of the molecule is COc1ccc2c(c1)N(CCOCC(C)C)C(=O)C2=O. The highest BCUT2D eigenvalue weighted by atomic mass is 16.5. The van der Waals surface area contributed by atoms with Crippen LogP contribution in [-0.2, 0) is 9.53 Å². The summed E-state index contributed by atoms with van der Waals surface area (Å²) in [5.74, 6) is 0.102. The lowest BCUT2D eigenvalue weighted by molar-refractivity contribution is -0.114. The van der Waals surface area contributed by atoms with Crippen LogP contribution >= 0.6 is 0 Å². The van der Waals surface area contributed by atoms with Crippen molar-refractivity contribution >= 4 is 17.4 Å². The molecule has 1 aliphatic rings. The summed E-state index contributed by atoms with van der Waals surface area (Å²) in [7, 11) is 1.55. The van der Waals surface area contributed by atoms with Gasteiger partial charge in [-0.15, -0.1) is 0 Å². The molecule has 1 aliphatic heterocycles. The van der Waals surface area contributed by atoms with Crippen molar-refractivity contribution in [2.24, 2.45) is 5.92 Å². The van der Waals surface area contributed by atoms with Crippen LogP contribution in [0.2, 0.25) is 0 Å². The molecule has 0 bridgehead atoms. The Kier molecular flexibility index (Phi) is 4.39. The van der Waals surface area contributed by atoms with Gasteiger partial charge >= 0.3 is 0 Å². The number of benzene rings is 1. The number of methoxy groups -OCH3 is 1. The highest BCUT2D eigenvalue weighted by molar-refractivity contribution is 6.52. The van der Waals surface area contributed by atoms with Gasteiger partial charge in [0.25, 0.3) is 11.7 Å². The third-order valence-electron chi connectivity index (χ3n) is 3.09. The smallest absolute Gasteiger partial charge is 0.299 e. The second-order valence-corrected chi connectivity index (χ2v) is 5.14. The quantitative estimate of drug-likeness (QED) is 0.588. The average Bonchev–Trinajstić information content (AvgIpc) is 2.67. The standard InChI is InChI=1S/C15H19NO4/c1-10(2)9-20-7-6-16-13-8-11(19-3)4-5-12(13)14(17)15(16)18/h4-5,8,10H,6-7,9H2,1-3H3. The van der Waals surface area contributed by atoms with Crippen LogP contribution in [0.1, 0.15) is 24.2 Å². The van der Waals surface area contributed by atoms with E-state index in [1.165, 1.54) is 4.90 Å². The molecule has 2 rings (SSSR count). The van der Waals surface area contributed by atoms with E-state index >= 15 is 0 Å². The molecule has 0 atom stereocenters. The van der Waals surface area contributed by atoms with Gasteiger partial charge in [0.05, 0.1) is 25.0 Å². The van der Waals surface area contributed by atoms with Crippen molar-refractivity contribution in [2.45, 2.75) is 13.8 Å². The van der Waals surface area contributed by atoms with Gasteiger partial charge in [0, 0.05) is 19.2 Å². The molecule has 1 amide bonds. The van der Waals surface area contributed by atoms with Crippen molar-refractivity contribution in [1.29, 1.82) is 0 Å². The molecule has 5 nitrogen and oxygen atoms in total. The van der Waals surface area contributed by atoms with Crippen LogP contribution in [0.4, 0.5) is 5.69 Å². The summed E-state index contributed by atoms with van der Waals surface area (Å²) in [4.78, 5) is 25.3.